The first-order chi connectivity index (χ1) is 4.30. The number of aliphatic hydroxyl groups is 1. The van der Waals surface area contributed by atoms with E-state index in [1.807, 2.05) is 6.92 Å². The van der Waals surface area contributed by atoms with E-state index >= 15 is 0 Å². The van der Waals surface area contributed by atoms with Crippen LogP contribution in [0.5, 0.6) is 0 Å². The van der Waals surface area contributed by atoms with Crippen LogP contribution in [0.2, 0.25) is 0 Å². The van der Waals surface area contributed by atoms with Gasteiger partial charge in [0.05, 0.1) is 12.7 Å². The van der Waals surface area contributed by atoms with Gasteiger partial charge in [-0.2, -0.15) is 0 Å². The zero-order valence-corrected chi connectivity index (χ0v) is 5.84. The highest BCUT2D eigenvalue weighted by Gasteiger charge is 2.17. The van der Waals surface area contributed by atoms with Crippen molar-refractivity contribution in [2.45, 2.75) is 25.9 Å². The van der Waals surface area contributed by atoms with Crippen LogP contribution in [0, 0.1) is 5.92 Å². The lowest BCUT2D eigenvalue weighted by atomic mass is 9.97. The van der Waals surface area contributed by atoms with Gasteiger partial charge < -0.3 is 9.84 Å². The van der Waals surface area contributed by atoms with Crippen LogP contribution in [0.15, 0.2) is 0 Å². The maximum Gasteiger partial charge on any atom is 0.0562 e. The van der Waals surface area contributed by atoms with E-state index in [-0.39, 0.29) is 6.10 Å². The average molecular weight is 130 g/mol. The largest absolute Gasteiger partial charge is 0.393 e. The molecule has 1 saturated heterocycles. The Morgan fingerprint density at radius 3 is 2.78 bits per heavy atom. The Labute approximate surface area is 55.8 Å². The van der Waals surface area contributed by atoms with E-state index in [9.17, 15) is 0 Å². The van der Waals surface area contributed by atoms with E-state index in [1.165, 1.54) is 0 Å². The molecule has 1 heterocycles. The van der Waals surface area contributed by atoms with E-state index in [2.05, 4.69) is 0 Å². The molecule has 9 heavy (non-hydrogen) atoms. The van der Waals surface area contributed by atoms with E-state index in [4.69, 9.17) is 9.84 Å². The quantitative estimate of drug-likeness (QED) is 0.568. The summed E-state index contributed by atoms with van der Waals surface area (Å²) < 4.78 is 5.18. The van der Waals surface area contributed by atoms with E-state index in [0.717, 1.165) is 26.1 Å². The number of hydrogen-bond acceptors (Lipinski definition) is 2. The Balaban J connectivity index is 2.23. The molecule has 0 saturated carbocycles. The maximum atomic E-state index is 9.10. The third-order valence-corrected chi connectivity index (χ3v) is 1.88. The van der Waals surface area contributed by atoms with Crippen LogP contribution < -0.4 is 0 Å². The molecule has 0 bridgehead atoms. The molecule has 1 aliphatic rings. The van der Waals surface area contributed by atoms with E-state index in [1.54, 1.807) is 0 Å². The number of rotatable bonds is 1. The summed E-state index contributed by atoms with van der Waals surface area (Å²) in [5, 5.41) is 9.10. The third-order valence-electron chi connectivity index (χ3n) is 1.88. The Hall–Kier alpha value is -0.0800. The van der Waals surface area contributed by atoms with Crippen molar-refractivity contribution in [2.24, 2.45) is 5.92 Å². The van der Waals surface area contributed by atoms with Crippen LogP contribution in [-0.2, 0) is 4.74 Å². The zero-order chi connectivity index (χ0) is 6.69. The maximum absolute atomic E-state index is 9.10. The highest BCUT2D eigenvalue weighted by molar-refractivity contribution is 4.67. The molecular formula is C7H14O2. The predicted octanol–water partition coefficient (Wildman–Crippen LogP) is 0.794. The summed E-state index contributed by atoms with van der Waals surface area (Å²) in [6, 6.07) is 0. The summed E-state index contributed by atoms with van der Waals surface area (Å²) in [6.45, 7) is 3.46. The van der Waals surface area contributed by atoms with Gasteiger partial charge in [-0.05, 0) is 19.8 Å². The molecule has 1 N–H and O–H groups in total. The molecule has 54 valence electrons. The van der Waals surface area contributed by atoms with Crippen molar-refractivity contribution in [1.29, 1.82) is 0 Å². The number of hydrogen-bond donors (Lipinski definition) is 1. The van der Waals surface area contributed by atoms with Crippen molar-refractivity contribution < 1.29 is 9.84 Å². The summed E-state index contributed by atoms with van der Waals surface area (Å²) in [6.07, 6.45) is 2.04. The van der Waals surface area contributed by atoms with Crippen molar-refractivity contribution in [2.75, 3.05) is 13.2 Å². The smallest absolute Gasteiger partial charge is 0.0562 e. The fraction of sp³-hybridized carbons (Fsp3) is 1.00. The Kier molecular flexibility index (Phi) is 2.49. The molecule has 1 rings (SSSR count). The molecule has 0 aromatic rings. The van der Waals surface area contributed by atoms with E-state index < -0.39 is 0 Å². The molecule has 0 spiro atoms. The number of ether oxygens (including phenoxy) is 1. The lowest BCUT2D eigenvalue weighted by Gasteiger charge is -2.23. The van der Waals surface area contributed by atoms with Crippen LogP contribution in [0.4, 0.5) is 0 Å². The average Bonchev–Trinajstić information content (AvgIpc) is 1.90. The van der Waals surface area contributed by atoms with Gasteiger partial charge in [0.2, 0.25) is 0 Å². The SMILES string of the molecule is C[C@H](O)[C@H]1CCCOC1. The summed E-state index contributed by atoms with van der Waals surface area (Å²) in [7, 11) is 0. The first-order valence-corrected chi connectivity index (χ1v) is 3.56. The van der Waals surface area contributed by atoms with Crippen molar-refractivity contribution in [3.63, 3.8) is 0 Å². The molecule has 0 unspecified atom stereocenters. The molecule has 2 atom stereocenters. The van der Waals surface area contributed by atoms with Crippen molar-refractivity contribution >= 4 is 0 Å². The van der Waals surface area contributed by atoms with Gasteiger partial charge in [-0.25, -0.2) is 0 Å². The first-order valence-electron chi connectivity index (χ1n) is 3.56. The molecule has 0 aliphatic carbocycles. The lowest BCUT2D eigenvalue weighted by Crippen LogP contribution is -2.26. The second-order valence-electron chi connectivity index (χ2n) is 2.72. The third kappa shape index (κ3) is 1.95. The molecule has 2 heteroatoms. The van der Waals surface area contributed by atoms with Crippen LogP contribution in [-0.4, -0.2) is 24.4 Å². The molecule has 0 radical (unpaired) electrons. The van der Waals surface area contributed by atoms with Gasteiger partial charge in [-0.1, -0.05) is 0 Å². The summed E-state index contributed by atoms with van der Waals surface area (Å²) in [4.78, 5) is 0. The monoisotopic (exact) mass is 130 g/mol. The van der Waals surface area contributed by atoms with Gasteiger partial charge in [0, 0.05) is 12.5 Å². The molecule has 2 nitrogen and oxygen atoms in total. The molecular weight excluding hydrogens is 116 g/mol. The van der Waals surface area contributed by atoms with Gasteiger partial charge in [-0.3, -0.25) is 0 Å². The molecule has 1 aliphatic heterocycles. The van der Waals surface area contributed by atoms with Crippen LogP contribution in [0.25, 0.3) is 0 Å². The summed E-state index contributed by atoms with van der Waals surface area (Å²) in [5.41, 5.74) is 0. The Morgan fingerprint density at radius 2 is 2.44 bits per heavy atom. The van der Waals surface area contributed by atoms with Crippen molar-refractivity contribution in [3.8, 4) is 0 Å². The molecule has 0 amide bonds. The summed E-state index contributed by atoms with van der Waals surface area (Å²) >= 11 is 0. The van der Waals surface area contributed by atoms with Gasteiger partial charge in [0.25, 0.3) is 0 Å². The molecule has 0 aromatic carbocycles. The van der Waals surface area contributed by atoms with E-state index in [0.29, 0.717) is 5.92 Å². The lowest BCUT2D eigenvalue weighted by molar-refractivity contribution is -0.00174. The van der Waals surface area contributed by atoms with Crippen LogP contribution in [0.3, 0.4) is 0 Å². The van der Waals surface area contributed by atoms with Crippen molar-refractivity contribution in [3.05, 3.63) is 0 Å². The minimum Gasteiger partial charge on any atom is -0.393 e. The molecule has 0 aromatic heterocycles. The minimum absolute atomic E-state index is 0.190. The molecule has 1 fully saturated rings. The van der Waals surface area contributed by atoms with Crippen molar-refractivity contribution in [1.82, 2.24) is 0 Å². The highest BCUT2D eigenvalue weighted by atomic mass is 16.5. The normalized spacial score (nSPS) is 32.0. The van der Waals surface area contributed by atoms with Crippen LogP contribution >= 0.6 is 0 Å². The number of aliphatic hydroxyl groups excluding tert-OH is 1. The van der Waals surface area contributed by atoms with Gasteiger partial charge in [0.1, 0.15) is 0 Å². The Bertz CT molecular complexity index is 75.0. The second kappa shape index (κ2) is 3.18. The predicted molar refractivity (Wildman–Crippen MR) is 35.2 cm³/mol. The zero-order valence-electron chi connectivity index (χ0n) is 5.84. The summed E-state index contributed by atoms with van der Waals surface area (Å²) in [5.74, 6) is 0.388. The van der Waals surface area contributed by atoms with Gasteiger partial charge in [0.15, 0.2) is 0 Å². The highest BCUT2D eigenvalue weighted by Crippen LogP contribution is 2.16. The topological polar surface area (TPSA) is 29.5 Å². The van der Waals surface area contributed by atoms with Gasteiger partial charge >= 0.3 is 0 Å². The second-order valence-corrected chi connectivity index (χ2v) is 2.72. The standard InChI is InChI=1S/C7H14O2/c1-6(8)7-3-2-4-9-5-7/h6-8H,2-5H2,1H3/t6-,7-/m0/s1. The minimum atomic E-state index is -0.190. The fourth-order valence-electron chi connectivity index (χ4n) is 1.15. The first kappa shape index (κ1) is 7.03. The fourth-order valence-corrected chi connectivity index (χ4v) is 1.15. The van der Waals surface area contributed by atoms with Gasteiger partial charge in [-0.15, -0.1) is 0 Å². The van der Waals surface area contributed by atoms with Crippen LogP contribution in [0.1, 0.15) is 19.8 Å². The Morgan fingerprint density at radius 1 is 1.67 bits per heavy atom.